The van der Waals surface area contributed by atoms with Crippen LogP contribution in [0, 0.1) is 5.82 Å². The third-order valence-corrected chi connectivity index (χ3v) is 4.44. The van der Waals surface area contributed by atoms with E-state index in [1.807, 2.05) is 0 Å². The van der Waals surface area contributed by atoms with E-state index in [0.29, 0.717) is 24.2 Å². The molecule has 4 heteroatoms. The summed E-state index contributed by atoms with van der Waals surface area (Å²) in [6.07, 6.45) is 2.89. The maximum Gasteiger partial charge on any atom is 0.129 e. The normalized spacial score (nSPS) is 28.5. The van der Waals surface area contributed by atoms with Crippen LogP contribution in [0.15, 0.2) is 24.3 Å². The number of rotatable bonds is 4. The summed E-state index contributed by atoms with van der Waals surface area (Å²) in [7, 11) is 0. The molecule has 2 aliphatic heterocycles. The lowest BCUT2D eigenvalue weighted by Crippen LogP contribution is -2.40. The topological polar surface area (TPSA) is 35.5 Å². The molecule has 3 nitrogen and oxygen atoms in total. The summed E-state index contributed by atoms with van der Waals surface area (Å²) in [6.45, 7) is 2.78. The van der Waals surface area contributed by atoms with Gasteiger partial charge < -0.3 is 10.4 Å². The molecular formula is C15H21FN2O. The summed E-state index contributed by atoms with van der Waals surface area (Å²) in [5, 5.41) is 13.5. The van der Waals surface area contributed by atoms with Crippen molar-refractivity contribution in [1.29, 1.82) is 0 Å². The number of hydrogen-bond donors (Lipinski definition) is 2. The van der Waals surface area contributed by atoms with Gasteiger partial charge in [-0.25, -0.2) is 4.39 Å². The molecule has 2 fully saturated rings. The molecule has 3 atom stereocenters. The van der Waals surface area contributed by atoms with Gasteiger partial charge in [-0.15, -0.1) is 0 Å². The molecule has 0 amide bonds. The van der Waals surface area contributed by atoms with Gasteiger partial charge in [-0.3, -0.25) is 4.90 Å². The maximum absolute atomic E-state index is 13.6. The van der Waals surface area contributed by atoms with Crippen LogP contribution in [0.1, 0.15) is 30.9 Å². The molecule has 0 spiro atoms. The molecule has 1 aromatic rings. The second kappa shape index (κ2) is 5.57. The Hall–Kier alpha value is -0.970. The van der Waals surface area contributed by atoms with Crippen molar-refractivity contribution < 1.29 is 9.50 Å². The van der Waals surface area contributed by atoms with E-state index in [1.54, 1.807) is 18.2 Å². The molecule has 0 bridgehead atoms. The van der Waals surface area contributed by atoms with E-state index in [1.165, 1.54) is 25.5 Å². The minimum Gasteiger partial charge on any atom is -0.387 e. The lowest BCUT2D eigenvalue weighted by Gasteiger charge is -2.23. The number of nitrogens with zero attached hydrogens (tertiary/aromatic N) is 1. The Bertz CT molecular complexity index is 440. The van der Waals surface area contributed by atoms with Gasteiger partial charge in [0, 0.05) is 30.7 Å². The van der Waals surface area contributed by atoms with Crippen molar-refractivity contribution in [2.24, 2.45) is 0 Å². The molecule has 2 saturated heterocycles. The smallest absolute Gasteiger partial charge is 0.129 e. The molecule has 3 unspecified atom stereocenters. The lowest BCUT2D eigenvalue weighted by atomic mass is 10.0. The highest BCUT2D eigenvalue weighted by molar-refractivity contribution is 5.20. The highest BCUT2D eigenvalue weighted by atomic mass is 19.1. The van der Waals surface area contributed by atoms with Crippen LogP contribution in [-0.2, 0) is 0 Å². The van der Waals surface area contributed by atoms with Gasteiger partial charge in [-0.1, -0.05) is 18.2 Å². The average molecular weight is 264 g/mol. The van der Waals surface area contributed by atoms with Gasteiger partial charge in [-0.2, -0.15) is 0 Å². The minimum atomic E-state index is -0.767. The van der Waals surface area contributed by atoms with E-state index in [0.717, 1.165) is 13.0 Å². The number of aliphatic hydroxyl groups is 1. The second-order valence-corrected chi connectivity index (χ2v) is 5.59. The summed E-state index contributed by atoms with van der Waals surface area (Å²) in [4.78, 5) is 2.52. The summed E-state index contributed by atoms with van der Waals surface area (Å²) in [6, 6.07) is 7.52. The third kappa shape index (κ3) is 2.66. The van der Waals surface area contributed by atoms with Crippen LogP contribution in [0.25, 0.3) is 0 Å². The fourth-order valence-electron chi connectivity index (χ4n) is 3.44. The van der Waals surface area contributed by atoms with Crippen molar-refractivity contribution in [1.82, 2.24) is 10.2 Å². The van der Waals surface area contributed by atoms with Crippen LogP contribution in [0.3, 0.4) is 0 Å². The van der Waals surface area contributed by atoms with E-state index < -0.39 is 6.10 Å². The number of hydrogen-bond acceptors (Lipinski definition) is 3. The van der Waals surface area contributed by atoms with Crippen molar-refractivity contribution in [2.75, 3.05) is 19.6 Å². The van der Waals surface area contributed by atoms with Gasteiger partial charge in [0.05, 0.1) is 6.10 Å². The zero-order valence-corrected chi connectivity index (χ0v) is 11.1. The number of aliphatic hydroxyl groups excluding tert-OH is 1. The maximum atomic E-state index is 13.6. The Morgan fingerprint density at radius 2 is 2.16 bits per heavy atom. The molecule has 1 aromatic carbocycles. The zero-order chi connectivity index (χ0) is 13.2. The van der Waals surface area contributed by atoms with E-state index >= 15 is 0 Å². The highest BCUT2D eigenvalue weighted by Gasteiger charge is 2.36. The first-order valence-electron chi connectivity index (χ1n) is 7.15. The summed E-state index contributed by atoms with van der Waals surface area (Å²) >= 11 is 0. The van der Waals surface area contributed by atoms with Crippen molar-refractivity contribution >= 4 is 0 Å². The van der Waals surface area contributed by atoms with E-state index in [9.17, 15) is 9.50 Å². The van der Waals surface area contributed by atoms with E-state index in [2.05, 4.69) is 10.2 Å². The Balaban J connectivity index is 1.56. The van der Waals surface area contributed by atoms with E-state index in [-0.39, 0.29) is 5.82 Å². The number of benzene rings is 1. The zero-order valence-electron chi connectivity index (χ0n) is 11.1. The Morgan fingerprint density at radius 3 is 3.00 bits per heavy atom. The Morgan fingerprint density at radius 1 is 1.32 bits per heavy atom. The first-order valence-corrected chi connectivity index (χ1v) is 7.15. The van der Waals surface area contributed by atoms with Crippen molar-refractivity contribution in [3.8, 4) is 0 Å². The molecule has 0 aromatic heterocycles. The second-order valence-electron chi connectivity index (χ2n) is 5.59. The Labute approximate surface area is 113 Å². The van der Waals surface area contributed by atoms with Gasteiger partial charge in [0.25, 0.3) is 0 Å². The van der Waals surface area contributed by atoms with Crippen molar-refractivity contribution in [3.05, 3.63) is 35.6 Å². The van der Waals surface area contributed by atoms with Crippen molar-refractivity contribution in [2.45, 2.75) is 37.5 Å². The van der Waals surface area contributed by atoms with Crippen LogP contribution >= 0.6 is 0 Å². The molecule has 19 heavy (non-hydrogen) atoms. The summed E-state index contributed by atoms with van der Waals surface area (Å²) in [5.74, 6) is -0.328. The number of nitrogens with one attached hydrogen (secondary N) is 1. The average Bonchev–Trinajstić information content (AvgIpc) is 3.00. The highest BCUT2D eigenvalue weighted by Crippen LogP contribution is 2.28. The molecular weight excluding hydrogens is 243 g/mol. The lowest BCUT2D eigenvalue weighted by molar-refractivity contribution is 0.162. The van der Waals surface area contributed by atoms with Crippen LogP contribution in [0.2, 0.25) is 0 Å². The third-order valence-electron chi connectivity index (χ3n) is 4.44. The quantitative estimate of drug-likeness (QED) is 0.868. The number of fused-ring (bicyclic) bond motifs is 1. The van der Waals surface area contributed by atoms with Crippen LogP contribution in [-0.4, -0.2) is 41.7 Å². The molecule has 3 rings (SSSR count). The molecule has 0 aliphatic carbocycles. The first kappa shape index (κ1) is 13.0. The molecule has 2 N–H and O–H groups in total. The van der Waals surface area contributed by atoms with Gasteiger partial charge >= 0.3 is 0 Å². The molecule has 104 valence electrons. The van der Waals surface area contributed by atoms with Crippen LogP contribution < -0.4 is 5.32 Å². The predicted molar refractivity (Wildman–Crippen MR) is 72.4 cm³/mol. The first-order chi connectivity index (χ1) is 9.25. The predicted octanol–water partition coefficient (Wildman–Crippen LogP) is 1.69. The minimum absolute atomic E-state index is 0.328. The van der Waals surface area contributed by atoms with Crippen LogP contribution in [0.5, 0.6) is 0 Å². The monoisotopic (exact) mass is 264 g/mol. The van der Waals surface area contributed by atoms with E-state index in [4.69, 9.17) is 0 Å². The van der Waals surface area contributed by atoms with Gasteiger partial charge in [0.1, 0.15) is 5.82 Å². The van der Waals surface area contributed by atoms with Gasteiger partial charge in [-0.05, 0) is 31.9 Å². The molecule has 0 radical (unpaired) electrons. The summed E-state index contributed by atoms with van der Waals surface area (Å²) < 4.78 is 13.6. The molecule has 2 heterocycles. The van der Waals surface area contributed by atoms with Crippen molar-refractivity contribution in [3.63, 3.8) is 0 Å². The molecule has 0 saturated carbocycles. The standard InChI is InChI=1S/C15H21FN2O/c16-12-5-2-1-4-11(12)15(19)10-17-13-7-9-18-8-3-6-14(13)18/h1-2,4-5,13-15,17,19H,3,6-10H2. The Kier molecular flexibility index (Phi) is 3.82. The fraction of sp³-hybridized carbons (Fsp3) is 0.600. The van der Waals surface area contributed by atoms with Gasteiger partial charge in [0.2, 0.25) is 0 Å². The number of halogens is 1. The van der Waals surface area contributed by atoms with Crippen LogP contribution in [0.4, 0.5) is 4.39 Å². The SMILES string of the molecule is OC(CNC1CCN2CCCC12)c1ccccc1F. The molecule has 2 aliphatic rings. The summed E-state index contributed by atoms with van der Waals surface area (Å²) in [5.41, 5.74) is 0.385. The largest absolute Gasteiger partial charge is 0.387 e. The van der Waals surface area contributed by atoms with Gasteiger partial charge in [0.15, 0.2) is 0 Å². The fourth-order valence-corrected chi connectivity index (χ4v) is 3.44.